The second kappa shape index (κ2) is 2.81. The first kappa shape index (κ1) is 11.6. The van der Waals surface area contributed by atoms with E-state index in [-0.39, 0.29) is 0 Å². The van der Waals surface area contributed by atoms with Crippen molar-refractivity contribution in [2.45, 2.75) is 15.8 Å². The summed E-state index contributed by atoms with van der Waals surface area (Å²) in [6.45, 7) is 0. The van der Waals surface area contributed by atoms with Crippen molar-refractivity contribution in [3.63, 3.8) is 0 Å². The number of rotatable bonds is 2. The van der Waals surface area contributed by atoms with Gasteiger partial charge in [0, 0.05) is 0 Å². The van der Waals surface area contributed by atoms with Crippen LogP contribution in [0.4, 0.5) is 13.2 Å². The second-order valence-corrected chi connectivity index (χ2v) is 3.38. The Labute approximate surface area is 74.5 Å². The Hall–Kier alpha value is 0.580. The van der Waals surface area contributed by atoms with E-state index in [2.05, 4.69) is 34.8 Å². The van der Waals surface area contributed by atoms with Crippen LogP contribution in [0.2, 0.25) is 0 Å². The third-order valence-electron chi connectivity index (χ3n) is 0.791. The first-order valence-electron chi connectivity index (χ1n) is 2.08. The third-order valence-corrected chi connectivity index (χ3v) is 1.58. The van der Waals surface area contributed by atoms with Crippen LogP contribution in [0.15, 0.2) is 0 Å². The van der Waals surface area contributed by atoms with Gasteiger partial charge >= 0.3 is 15.8 Å². The Morgan fingerprint density at radius 1 is 0.909 bits per heavy atom. The van der Waals surface area contributed by atoms with Crippen LogP contribution in [0.5, 0.6) is 0 Å². The van der Waals surface area contributed by atoms with Gasteiger partial charge in [-0.25, -0.2) is 4.39 Å². The van der Waals surface area contributed by atoms with Crippen molar-refractivity contribution in [1.82, 2.24) is 0 Å². The summed E-state index contributed by atoms with van der Waals surface area (Å²) in [5.74, 6) is -4.33. The molecule has 0 spiro atoms. The molecule has 0 saturated carbocycles. The molecule has 0 aliphatic rings. The maximum Gasteiger partial charge on any atom is 0.380 e. The van der Waals surface area contributed by atoms with E-state index in [0.29, 0.717) is 0 Å². The average Bonchev–Trinajstić information content (AvgIpc) is 1.58. The Morgan fingerprint density at radius 3 is 1.18 bits per heavy atom. The van der Waals surface area contributed by atoms with Gasteiger partial charge in [0.25, 0.3) is 0 Å². The molecule has 0 fully saturated rings. The predicted molar refractivity (Wildman–Crippen MR) is 33.5 cm³/mol. The monoisotopic (exact) mass is 232 g/mol. The van der Waals surface area contributed by atoms with E-state index in [4.69, 9.17) is 10.2 Å². The molecule has 0 aromatic carbocycles. The third kappa shape index (κ3) is 2.26. The van der Waals surface area contributed by atoms with Crippen LogP contribution in [0.1, 0.15) is 0 Å². The molecule has 8 heteroatoms. The quantitative estimate of drug-likeness (QED) is 0.562. The van der Waals surface area contributed by atoms with Gasteiger partial charge in [0.15, 0.2) is 0 Å². The van der Waals surface area contributed by atoms with E-state index < -0.39 is 15.8 Å². The minimum Gasteiger partial charge on any atom is -0.355 e. The number of aliphatic hydroxyl groups is 2. The number of hydrogen-bond acceptors (Lipinski definition) is 2. The van der Waals surface area contributed by atoms with Gasteiger partial charge in [-0.15, -0.1) is 0 Å². The van der Waals surface area contributed by atoms with E-state index in [9.17, 15) is 13.2 Å². The molecule has 11 heavy (non-hydrogen) atoms. The molecule has 0 aromatic rings. The maximum atomic E-state index is 12.1. The summed E-state index contributed by atoms with van der Waals surface area (Å²) in [5.41, 5.74) is 0. The summed E-state index contributed by atoms with van der Waals surface area (Å²) in [6, 6.07) is 0. The lowest BCUT2D eigenvalue weighted by Crippen LogP contribution is -2.55. The van der Waals surface area contributed by atoms with Crippen molar-refractivity contribution in [3.8, 4) is 0 Å². The first-order chi connectivity index (χ1) is 4.50. The highest BCUT2D eigenvalue weighted by atomic mass is 35.5. The lowest BCUT2D eigenvalue weighted by atomic mass is 10.3. The highest BCUT2D eigenvalue weighted by Gasteiger charge is 2.64. The summed E-state index contributed by atoms with van der Waals surface area (Å²) in [6.07, 6.45) is 0. The SMILES string of the molecule is OC(O)(C(F)(F)Cl)C(F)(Cl)Cl. The molecule has 0 heterocycles. The van der Waals surface area contributed by atoms with Crippen molar-refractivity contribution in [2.24, 2.45) is 0 Å². The summed E-state index contributed by atoms with van der Waals surface area (Å²) >= 11 is 12.8. The largest absolute Gasteiger partial charge is 0.380 e. The van der Waals surface area contributed by atoms with Gasteiger partial charge in [-0.3, -0.25) is 0 Å². The van der Waals surface area contributed by atoms with E-state index in [1.54, 1.807) is 0 Å². The van der Waals surface area contributed by atoms with Gasteiger partial charge in [-0.05, 0) is 11.6 Å². The number of hydrogen-bond donors (Lipinski definition) is 2. The molecule has 2 nitrogen and oxygen atoms in total. The molecule has 0 saturated heterocycles. The molecule has 0 bridgehead atoms. The highest BCUT2D eigenvalue weighted by Crippen LogP contribution is 2.45. The Morgan fingerprint density at radius 2 is 1.18 bits per heavy atom. The van der Waals surface area contributed by atoms with Crippen LogP contribution < -0.4 is 0 Å². The normalized spacial score (nSPS) is 15.3. The van der Waals surface area contributed by atoms with Gasteiger partial charge < -0.3 is 10.2 Å². The van der Waals surface area contributed by atoms with Crippen LogP contribution in [0, 0.1) is 0 Å². The Balaban J connectivity index is 4.75. The molecule has 0 radical (unpaired) electrons. The molecular formula is C3H2Cl3F3O2. The number of alkyl halides is 6. The van der Waals surface area contributed by atoms with Crippen LogP contribution in [-0.2, 0) is 0 Å². The molecule has 2 N–H and O–H groups in total. The fourth-order valence-electron chi connectivity index (χ4n) is 0.161. The molecule has 0 unspecified atom stereocenters. The van der Waals surface area contributed by atoms with Gasteiger partial charge in [-0.1, -0.05) is 23.2 Å². The molecule has 0 amide bonds. The molecule has 0 rings (SSSR count). The minimum absolute atomic E-state index is 3.95. The van der Waals surface area contributed by atoms with Gasteiger partial charge in [0.05, 0.1) is 0 Å². The lowest BCUT2D eigenvalue weighted by Gasteiger charge is -2.30. The van der Waals surface area contributed by atoms with Crippen LogP contribution in [-0.4, -0.2) is 26.0 Å². The second-order valence-electron chi connectivity index (χ2n) is 1.67. The maximum absolute atomic E-state index is 12.1. The van der Waals surface area contributed by atoms with Crippen molar-refractivity contribution in [1.29, 1.82) is 0 Å². The minimum atomic E-state index is -4.68. The summed E-state index contributed by atoms with van der Waals surface area (Å²) in [7, 11) is 0. The number of halogens is 6. The zero-order valence-corrected chi connectivity index (χ0v) is 6.93. The fraction of sp³-hybridized carbons (Fsp3) is 1.00. The predicted octanol–water partition coefficient (Wildman–Crippen LogP) is 1.60. The smallest absolute Gasteiger partial charge is 0.355 e. The molecule has 0 atom stereocenters. The van der Waals surface area contributed by atoms with Crippen molar-refractivity contribution in [3.05, 3.63) is 0 Å². The van der Waals surface area contributed by atoms with Crippen LogP contribution in [0.3, 0.4) is 0 Å². The topological polar surface area (TPSA) is 40.5 Å². The van der Waals surface area contributed by atoms with E-state index in [1.807, 2.05) is 0 Å². The van der Waals surface area contributed by atoms with Gasteiger partial charge in [0.1, 0.15) is 0 Å². The standard InChI is InChI=1S/C3H2Cl3F3O2/c4-2(5,7)1(10,11)3(6,8)9/h10-11H. The summed E-state index contributed by atoms with van der Waals surface area (Å²) in [4.78, 5) is 0. The lowest BCUT2D eigenvalue weighted by molar-refractivity contribution is -0.284. The van der Waals surface area contributed by atoms with Gasteiger partial charge in [-0.2, -0.15) is 8.78 Å². The first-order valence-corrected chi connectivity index (χ1v) is 3.22. The van der Waals surface area contributed by atoms with Crippen molar-refractivity contribution in [2.75, 3.05) is 0 Å². The molecular weight excluding hydrogens is 231 g/mol. The Kier molecular flexibility index (Phi) is 2.96. The molecule has 0 aliphatic heterocycles. The Bertz CT molecular complexity index is 133. The molecule has 0 aromatic heterocycles. The zero-order chi connectivity index (χ0) is 9.50. The summed E-state index contributed by atoms with van der Waals surface area (Å²) in [5, 5.41) is 11.8. The van der Waals surface area contributed by atoms with E-state index in [1.165, 1.54) is 0 Å². The molecule has 68 valence electrons. The highest BCUT2D eigenvalue weighted by molar-refractivity contribution is 6.48. The summed E-state index contributed by atoms with van der Waals surface area (Å²) < 4.78 is 31.9. The molecule has 0 aliphatic carbocycles. The van der Waals surface area contributed by atoms with Crippen LogP contribution >= 0.6 is 34.8 Å². The zero-order valence-electron chi connectivity index (χ0n) is 4.66. The van der Waals surface area contributed by atoms with Crippen LogP contribution in [0.25, 0.3) is 0 Å². The van der Waals surface area contributed by atoms with E-state index in [0.717, 1.165) is 0 Å². The average molecular weight is 233 g/mol. The van der Waals surface area contributed by atoms with E-state index >= 15 is 0 Å². The van der Waals surface area contributed by atoms with Crippen molar-refractivity contribution >= 4 is 34.8 Å². The van der Waals surface area contributed by atoms with Crippen molar-refractivity contribution < 1.29 is 23.4 Å². The van der Waals surface area contributed by atoms with Gasteiger partial charge in [0.2, 0.25) is 0 Å². The fourth-order valence-corrected chi connectivity index (χ4v) is 0.625.